The number of amides is 3. The van der Waals surface area contributed by atoms with Gasteiger partial charge >= 0.3 is 6.09 Å². The number of anilines is 1. The molecule has 0 aliphatic carbocycles. The Labute approximate surface area is 246 Å². The first-order chi connectivity index (χ1) is 20.2. The Morgan fingerprint density at radius 2 is 1.90 bits per heavy atom. The Kier molecular flexibility index (Phi) is 10.8. The van der Waals surface area contributed by atoms with Gasteiger partial charge in [0.05, 0.1) is 11.1 Å². The van der Waals surface area contributed by atoms with Crippen LogP contribution in [0.3, 0.4) is 0 Å². The molecule has 0 spiro atoms. The van der Waals surface area contributed by atoms with Crippen LogP contribution in [0.5, 0.6) is 0 Å². The summed E-state index contributed by atoms with van der Waals surface area (Å²) >= 11 is 6.03. The number of carbonyl (C=O) groups excluding carboxylic acids is 3. The van der Waals surface area contributed by atoms with Gasteiger partial charge in [-0.25, -0.2) is 13.6 Å². The van der Waals surface area contributed by atoms with Crippen LogP contribution in [-0.4, -0.2) is 78.7 Å². The maximum Gasteiger partial charge on any atom is 0.412 e. The Balaban J connectivity index is 1.36. The summed E-state index contributed by atoms with van der Waals surface area (Å²) in [4.78, 5) is 41.6. The minimum atomic E-state index is -0.847. The minimum absolute atomic E-state index is 0.0282. The maximum atomic E-state index is 13.8. The average molecular weight is 604 g/mol. The lowest BCUT2D eigenvalue weighted by Gasteiger charge is -2.30. The molecule has 2 N–H and O–H groups in total. The third kappa shape index (κ3) is 8.49. The van der Waals surface area contributed by atoms with Crippen LogP contribution in [0.4, 0.5) is 19.4 Å². The summed E-state index contributed by atoms with van der Waals surface area (Å²) in [5.41, 5.74) is 0.947. The van der Waals surface area contributed by atoms with Crippen molar-refractivity contribution in [2.24, 2.45) is 0 Å². The van der Waals surface area contributed by atoms with Gasteiger partial charge in [0.25, 0.3) is 0 Å². The SMILES string of the molecule is CN(C(=O)CCc1cccc(F)c1Cl)[C@@H](CCC(=O)N1CCNCC1)COC(=O)Nc1cc(-c2cccc(F)c2)on1. The van der Waals surface area contributed by atoms with E-state index in [-0.39, 0.29) is 60.7 Å². The Morgan fingerprint density at radius 1 is 1.14 bits per heavy atom. The summed E-state index contributed by atoms with van der Waals surface area (Å²) in [6.45, 7) is 2.42. The van der Waals surface area contributed by atoms with E-state index in [4.69, 9.17) is 20.9 Å². The zero-order chi connectivity index (χ0) is 30.1. The summed E-state index contributed by atoms with van der Waals surface area (Å²) < 4.78 is 37.9. The molecule has 0 unspecified atom stereocenters. The number of likely N-dealkylation sites (N-methyl/N-ethyl adjacent to an activating group) is 1. The van der Waals surface area contributed by atoms with Crippen molar-refractivity contribution in [3.05, 3.63) is 70.8 Å². The zero-order valence-electron chi connectivity index (χ0n) is 23.1. The molecule has 1 fully saturated rings. The van der Waals surface area contributed by atoms with E-state index in [9.17, 15) is 23.2 Å². The number of ether oxygens (including phenoxy) is 1. The molecule has 3 amide bonds. The van der Waals surface area contributed by atoms with Crippen LogP contribution >= 0.6 is 11.6 Å². The lowest BCUT2D eigenvalue weighted by atomic mass is 10.1. The van der Waals surface area contributed by atoms with E-state index in [0.717, 1.165) is 0 Å². The Hall–Kier alpha value is -4.03. The van der Waals surface area contributed by atoms with Crippen molar-refractivity contribution in [3.63, 3.8) is 0 Å². The molecule has 1 aromatic heterocycles. The molecule has 0 saturated carbocycles. The van der Waals surface area contributed by atoms with Gasteiger partial charge in [-0.15, -0.1) is 0 Å². The third-order valence-corrected chi connectivity index (χ3v) is 7.42. The number of nitrogens with one attached hydrogen (secondary N) is 2. The van der Waals surface area contributed by atoms with Crippen molar-refractivity contribution in [1.82, 2.24) is 20.3 Å². The zero-order valence-corrected chi connectivity index (χ0v) is 23.8. The van der Waals surface area contributed by atoms with Crippen LogP contribution in [0.15, 0.2) is 53.1 Å². The van der Waals surface area contributed by atoms with Gasteiger partial charge < -0.3 is 24.4 Å². The summed E-state index contributed by atoms with van der Waals surface area (Å²) in [5, 5.41) is 9.38. The van der Waals surface area contributed by atoms with Crippen molar-refractivity contribution >= 4 is 35.3 Å². The van der Waals surface area contributed by atoms with Crippen LogP contribution in [0, 0.1) is 11.6 Å². The second-order valence-corrected chi connectivity index (χ2v) is 10.2. The molecular formula is C29H32ClF2N5O5. The van der Waals surface area contributed by atoms with Gasteiger partial charge in [-0.3, -0.25) is 14.9 Å². The maximum absolute atomic E-state index is 13.8. The first kappa shape index (κ1) is 30.9. The van der Waals surface area contributed by atoms with Gasteiger partial charge in [-0.05, 0) is 36.6 Å². The molecule has 0 bridgehead atoms. The molecule has 13 heteroatoms. The second kappa shape index (κ2) is 14.7. The van der Waals surface area contributed by atoms with E-state index >= 15 is 0 Å². The molecule has 2 aromatic carbocycles. The van der Waals surface area contributed by atoms with Gasteiger partial charge in [-0.2, -0.15) is 0 Å². The molecule has 1 aliphatic rings. The van der Waals surface area contributed by atoms with E-state index in [1.54, 1.807) is 24.1 Å². The molecule has 2 heterocycles. The quantitative estimate of drug-likeness (QED) is 0.332. The Morgan fingerprint density at radius 3 is 2.67 bits per heavy atom. The van der Waals surface area contributed by atoms with Crippen LogP contribution < -0.4 is 10.6 Å². The van der Waals surface area contributed by atoms with Crippen molar-refractivity contribution in [3.8, 4) is 11.3 Å². The highest BCUT2D eigenvalue weighted by Gasteiger charge is 2.25. The highest BCUT2D eigenvalue weighted by atomic mass is 35.5. The van der Waals surface area contributed by atoms with E-state index in [1.807, 2.05) is 0 Å². The van der Waals surface area contributed by atoms with Crippen molar-refractivity contribution in [2.45, 2.75) is 31.7 Å². The second-order valence-electron chi connectivity index (χ2n) is 9.85. The molecule has 0 radical (unpaired) electrons. The fraction of sp³-hybridized carbons (Fsp3) is 0.379. The van der Waals surface area contributed by atoms with E-state index in [0.29, 0.717) is 37.3 Å². The van der Waals surface area contributed by atoms with Crippen molar-refractivity contribution < 1.29 is 32.4 Å². The summed E-state index contributed by atoms with van der Waals surface area (Å²) in [7, 11) is 1.57. The van der Waals surface area contributed by atoms with Gasteiger partial charge in [0.2, 0.25) is 11.8 Å². The largest absolute Gasteiger partial charge is 0.447 e. The third-order valence-electron chi connectivity index (χ3n) is 7.00. The molecule has 4 rings (SSSR count). The van der Waals surface area contributed by atoms with Crippen LogP contribution in [-0.2, 0) is 20.7 Å². The molecule has 3 aromatic rings. The number of aryl methyl sites for hydroxylation is 1. The van der Waals surface area contributed by atoms with E-state index < -0.39 is 23.8 Å². The topological polar surface area (TPSA) is 117 Å². The van der Waals surface area contributed by atoms with Gasteiger partial charge in [-0.1, -0.05) is 41.0 Å². The predicted molar refractivity (Wildman–Crippen MR) is 152 cm³/mol. The highest BCUT2D eigenvalue weighted by Crippen LogP contribution is 2.24. The van der Waals surface area contributed by atoms with Crippen LogP contribution in [0.25, 0.3) is 11.3 Å². The number of hydrogen-bond donors (Lipinski definition) is 2. The molecule has 42 heavy (non-hydrogen) atoms. The fourth-order valence-electron chi connectivity index (χ4n) is 4.54. The first-order valence-electron chi connectivity index (χ1n) is 13.5. The summed E-state index contributed by atoms with van der Waals surface area (Å²) in [6, 6.07) is 10.9. The monoisotopic (exact) mass is 603 g/mol. The summed E-state index contributed by atoms with van der Waals surface area (Å²) in [5.74, 6) is -1.04. The minimum Gasteiger partial charge on any atom is -0.447 e. The lowest BCUT2D eigenvalue weighted by molar-refractivity contribution is -0.135. The normalized spacial score (nSPS) is 13.9. The van der Waals surface area contributed by atoms with Crippen molar-refractivity contribution in [2.75, 3.05) is 45.2 Å². The fourth-order valence-corrected chi connectivity index (χ4v) is 4.76. The summed E-state index contributed by atoms with van der Waals surface area (Å²) in [6.07, 6.45) is -0.181. The van der Waals surface area contributed by atoms with Crippen molar-refractivity contribution in [1.29, 1.82) is 0 Å². The number of aromatic nitrogens is 1. The average Bonchev–Trinajstić information content (AvgIpc) is 3.46. The van der Waals surface area contributed by atoms with Gasteiger partial charge in [0.1, 0.15) is 18.2 Å². The molecule has 224 valence electrons. The standard InChI is InChI=1S/C29H32ClF2N5O5/c1-36(26(38)10-8-19-4-3-7-23(32)28(19)30)22(9-11-27(39)37-14-12-33-13-15-37)18-41-29(40)34-25-17-24(42-35-25)20-5-2-6-21(31)16-20/h2-7,16-17,22,33H,8-15,18H2,1H3,(H,34,35,40)/t22-/m0/s1. The number of hydrogen-bond acceptors (Lipinski definition) is 7. The highest BCUT2D eigenvalue weighted by molar-refractivity contribution is 6.31. The van der Waals surface area contributed by atoms with Gasteiger partial charge in [0, 0.05) is 57.7 Å². The number of carbonyl (C=O) groups is 3. The number of halogens is 3. The Bertz CT molecular complexity index is 1400. The number of rotatable bonds is 11. The van der Waals surface area contributed by atoms with Crippen LogP contribution in [0.2, 0.25) is 5.02 Å². The first-order valence-corrected chi connectivity index (χ1v) is 13.9. The lowest BCUT2D eigenvalue weighted by Crippen LogP contribution is -2.47. The van der Waals surface area contributed by atoms with E-state index in [2.05, 4.69) is 15.8 Å². The molecule has 10 nitrogen and oxygen atoms in total. The molecule has 1 saturated heterocycles. The van der Waals surface area contributed by atoms with Gasteiger partial charge in [0.15, 0.2) is 11.6 Å². The molecule has 1 aliphatic heterocycles. The number of nitrogens with zero attached hydrogens (tertiary/aromatic N) is 3. The predicted octanol–water partition coefficient (Wildman–Crippen LogP) is 4.49. The number of piperazine rings is 1. The van der Waals surface area contributed by atoms with Crippen LogP contribution in [0.1, 0.15) is 24.8 Å². The molecule has 1 atom stereocenters. The smallest absolute Gasteiger partial charge is 0.412 e. The van der Waals surface area contributed by atoms with E-state index in [1.165, 1.54) is 41.3 Å². The number of benzene rings is 2. The molecular weight excluding hydrogens is 572 g/mol.